The minimum Gasteiger partial charge on any atom is -0.484 e. The van der Waals surface area contributed by atoms with Crippen LogP contribution in [0.15, 0.2) is 30.3 Å². The van der Waals surface area contributed by atoms with Gasteiger partial charge in [-0.15, -0.1) is 0 Å². The Morgan fingerprint density at radius 1 is 1.15 bits per heavy atom. The fourth-order valence-corrected chi connectivity index (χ4v) is 3.06. The van der Waals surface area contributed by atoms with Crippen molar-refractivity contribution in [3.05, 3.63) is 47.4 Å². The molecule has 1 amide bonds. The van der Waals surface area contributed by atoms with Gasteiger partial charge in [-0.05, 0) is 50.8 Å². The second kappa shape index (κ2) is 8.65. The molecule has 2 aromatic rings. The molecule has 0 spiro atoms. The number of rotatable bonds is 6. The molecular weight excluding hydrogens is 328 g/mol. The SMILES string of the molecule is Cc1cccc(OCC(=O)NCc2nc(C)cc(N3CCCCC3)n2)c1. The third-order valence-corrected chi connectivity index (χ3v) is 4.37. The highest BCUT2D eigenvalue weighted by Gasteiger charge is 2.14. The Hall–Kier alpha value is -2.63. The first-order chi connectivity index (χ1) is 12.6. The van der Waals surface area contributed by atoms with Crippen LogP contribution in [0.1, 0.15) is 36.3 Å². The van der Waals surface area contributed by atoms with Gasteiger partial charge < -0.3 is 15.0 Å². The van der Waals surface area contributed by atoms with Crippen molar-refractivity contribution in [1.82, 2.24) is 15.3 Å². The molecule has 1 aromatic carbocycles. The molecule has 1 saturated heterocycles. The summed E-state index contributed by atoms with van der Waals surface area (Å²) in [5.41, 5.74) is 2.02. The summed E-state index contributed by atoms with van der Waals surface area (Å²) in [6, 6.07) is 9.65. The Bertz CT molecular complexity index is 757. The summed E-state index contributed by atoms with van der Waals surface area (Å²) in [4.78, 5) is 23.4. The molecule has 0 radical (unpaired) electrons. The lowest BCUT2D eigenvalue weighted by Crippen LogP contribution is -2.32. The van der Waals surface area contributed by atoms with E-state index in [9.17, 15) is 4.79 Å². The zero-order valence-electron chi connectivity index (χ0n) is 15.5. The van der Waals surface area contributed by atoms with E-state index in [0.29, 0.717) is 18.1 Å². The number of anilines is 1. The number of hydrogen-bond donors (Lipinski definition) is 1. The molecule has 138 valence electrons. The number of aryl methyl sites for hydroxylation is 2. The van der Waals surface area contributed by atoms with Crippen molar-refractivity contribution in [2.75, 3.05) is 24.6 Å². The molecule has 2 heterocycles. The van der Waals surface area contributed by atoms with E-state index in [4.69, 9.17) is 4.74 Å². The Balaban J connectivity index is 1.53. The normalized spacial score (nSPS) is 14.2. The Labute approximate surface area is 154 Å². The van der Waals surface area contributed by atoms with Gasteiger partial charge >= 0.3 is 0 Å². The first-order valence-corrected chi connectivity index (χ1v) is 9.16. The highest BCUT2D eigenvalue weighted by Crippen LogP contribution is 2.18. The van der Waals surface area contributed by atoms with E-state index in [1.165, 1.54) is 19.3 Å². The predicted molar refractivity (Wildman–Crippen MR) is 101 cm³/mol. The first kappa shape index (κ1) is 18.2. The molecule has 0 aliphatic carbocycles. The molecule has 1 aliphatic rings. The van der Waals surface area contributed by atoms with Crippen LogP contribution in [0.4, 0.5) is 5.82 Å². The maximum Gasteiger partial charge on any atom is 0.258 e. The standard InChI is InChI=1S/C20H26N4O2/c1-15-7-6-8-17(11-15)26-14-20(25)21-13-18-22-16(2)12-19(23-18)24-9-4-3-5-10-24/h6-8,11-12H,3-5,9-10,13-14H2,1-2H3,(H,21,25). The summed E-state index contributed by atoms with van der Waals surface area (Å²) in [6.45, 7) is 6.30. The van der Waals surface area contributed by atoms with Gasteiger partial charge in [0.25, 0.3) is 5.91 Å². The number of amides is 1. The molecule has 6 heteroatoms. The van der Waals surface area contributed by atoms with Gasteiger partial charge in [0.2, 0.25) is 0 Å². The summed E-state index contributed by atoms with van der Waals surface area (Å²) in [6.07, 6.45) is 3.68. The van der Waals surface area contributed by atoms with Crippen molar-refractivity contribution < 1.29 is 9.53 Å². The lowest BCUT2D eigenvalue weighted by atomic mass is 10.1. The summed E-state index contributed by atoms with van der Waals surface area (Å²) < 4.78 is 5.52. The summed E-state index contributed by atoms with van der Waals surface area (Å²) >= 11 is 0. The Morgan fingerprint density at radius 2 is 1.96 bits per heavy atom. The number of aromatic nitrogens is 2. The molecule has 1 fully saturated rings. The lowest BCUT2D eigenvalue weighted by Gasteiger charge is -2.28. The number of nitrogens with one attached hydrogen (secondary N) is 1. The molecule has 3 rings (SSSR count). The number of piperidine rings is 1. The summed E-state index contributed by atoms with van der Waals surface area (Å²) in [7, 11) is 0. The molecule has 0 saturated carbocycles. The molecule has 26 heavy (non-hydrogen) atoms. The van der Waals surface area contributed by atoms with Gasteiger partial charge in [-0.25, -0.2) is 9.97 Å². The van der Waals surface area contributed by atoms with E-state index in [0.717, 1.165) is 30.2 Å². The molecule has 0 atom stereocenters. The van der Waals surface area contributed by atoms with Crippen molar-refractivity contribution in [3.8, 4) is 5.75 Å². The van der Waals surface area contributed by atoms with Gasteiger partial charge in [0.15, 0.2) is 6.61 Å². The van der Waals surface area contributed by atoms with Crippen LogP contribution in [0.5, 0.6) is 5.75 Å². The van der Waals surface area contributed by atoms with Gasteiger partial charge in [-0.2, -0.15) is 0 Å². The highest BCUT2D eigenvalue weighted by atomic mass is 16.5. The van der Waals surface area contributed by atoms with Crippen LogP contribution < -0.4 is 15.0 Å². The fourth-order valence-electron chi connectivity index (χ4n) is 3.06. The number of ether oxygens (including phenoxy) is 1. The number of hydrogen-bond acceptors (Lipinski definition) is 5. The third-order valence-electron chi connectivity index (χ3n) is 4.37. The number of carbonyl (C=O) groups excluding carboxylic acids is 1. The maximum atomic E-state index is 12.0. The van der Waals surface area contributed by atoms with Crippen LogP contribution in [-0.4, -0.2) is 35.6 Å². The largest absolute Gasteiger partial charge is 0.484 e. The predicted octanol–water partition coefficient (Wildman–Crippen LogP) is 2.78. The second-order valence-electron chi connectivity index (χ2n) is 6.71. The lowest BCUT2D eigenvalue weighted by molar-refractivity contribution is -0.123. The van der Waals surface area contributed by atoms with Crippen LogP contribution >= 0.6 is 0 Å². The van der Waals surface area contributed by atoms with E-state index in [-0.39, 0.29) is 12.5 Å². The van der Waals surface area contributed by atoms with Crippen LogP contribution in [-0.2, 0) is 11.3 Å². The van der Waals surface area contributed by atoms with Crippen LogP contribution in [0.25, 0.3) is 0 Å². The summed E-state index contributed by atoms with van der Waals surface area (Å²) in [5.74, 6) is 2.10. The molecule has 1 aliphatic heterocycles. The Kier molecular flexibility index (Phi) is 6.04. The fraction of sp³-hybridized carbons (Fsp3) is 0.450. The third kappa shape index (κ3) is 5.18. The van der Waals surface area contributed by atoms with Crippen molar-refractivity contribution >= 4 is 11.7 Å². The van der Waals surface area contributed by atoms with E-state index in [1.54, 1.807) is 0 Å². The van der Waals surface area contributed by atoms with Crippen molar-refractivity contribution in [2.45, 2.75) is 39.7 Å². The molecular formula is C20H26N4O2. The quantitative estimate of drug-likeness (QED) is 0.864. The highest BCUT2D eigenvalue weighted by molar-refractivity contribution is 5.77. The zero-order chi connectivity index (χ0) is 18.4. The van der Waals surface area contributed by atoms with Crippen molar-refractivity contribution in [1.29, 1.82) is 0 Å². The Morgan fingerprint density at radius 3 is 2.73 bits per heavy atom. The van der Waals surface area contributed by atoms with Gasteiger partial charge in [-0.3, -0.25) is 4.79 Å². The van der Waals surface area contributed by atoms with Gasteiger partial charge in [-0.1, -0.05) is 12.1 Å². The molecule has 1 aromatic heterocycles. The minimum atomic E-state index is -0.184. The molecule has 1 N–H and O–H groups in total. The summed E-state index contributed by atoms with van der Waals surface area (Å²) in [5, 5.41) is 2.83. The van der Waals surface area contributed by atoms with E-state index < -0.39 is 0 Å². The van der Waals surface area contributed by atoms with Crippen LogP contribution in [0.3, 0.4) is 0 Å². The van der Waals surface area contributed by atoms with E-state index >= 15 is 0 Å². The topological polar surface area (TPSA) is 67.3 Å². The smallest absolute Gasteiger partial charge is 0.258 e. The van der Waals surface area contributed by atoms with Crippen molar-refractivity contribution in [2.24, 2.45) is 0 Å². The monoisotopic (exact) mass is 354 g/mol. The van der Waals surface area contributed by atoms with E-state index in [1.807, 2.05) is 44.2 Å². The minimum absolute atomic E-state index is 0.0196. The maximum absolute atomic E-state index is 12.0. The first-order valence-electron chi connectivity index (χ1n) is 9.16. The second-order valence-corrected chi connectivity index (χ2v) is 6.71. The molecule has 6 nitrogen and oxygen atoms in total. The number of carbonyl (C=O) groups is 1. The average molecular weight is 354 g/mol. The number of nitrogens with zero attached hydrogens (tertiary/aromatic N) is 3. The van der Waals surface area contributed by atoms with Crippen molar-refractivity contribution in [3.63, 3.8) is 0 Å². The zero-order valence-corrected chi connectivity index (χ0v) is 15.5. The van der Waals surface area contributed by atoms with Gasteiger partial charge in [0, 0.05) is 24.8 Å². The van der Waals surface area contributed by atoms with Crippen LogP contribution in [0.2, 0.25) is 0 Å². The molecule has 0 bridgehead atoms. The number of benzene rings is 1. The average Bonchev–Trinajstić information content (AvgIpc) is 2.65. The molecule has 0 unspecified atom stereocenters. The van der Waals surface area contributed by atoms with Gasteiger partial charge in [0.1, 0.15) is 17.4 Å². The van der Waals surface area contributed by atoms with E-state index in [2.05, 4.69) is 20.2 Å². The van der Waals surface area contributed by atoms with Crippen LogP contribution in [0, 0.1) is 13.8 Å². The van der Waals surface area contributed by atoms with Gasteiger partial charge in [0.05, 0.1) is 6.54 Å².